The molecule has 0 bridgehead atoms. The predicted octanol–water partition coefficient (Wildman–Crippen LogP) is 5.18. The van der Waals surface area contributed by atoms with Crippen LogP contribution in [0.15, 0.2) is 72.8 Å². The number of hydrogen-bond acceptors (Lipinski definition) is 2. The van der Waals surface area contributed by atoms with Gasteiger partial charge in [-0.25, -0.2) is 0 Å². The summed E-state index contributed by atoms with van der Waals surface area (Å²) in [4.78, 5) is 14.9. The van der Waals surface area contributed by atoms with Crippen LogP contribution in [-0.4, -0.2) is 30.5 Å². The summed E-state index contributed by atoms with van der Waals surface area (Å²) in [6.07, 6.45) is -0.0619. The maximum absolute atomic E-state index is 13.0. The zero-order chi connectivity index (χ0) is 19.5. The van der Waals surface area contributed by atoms with Gasteiger partial charge in [-0.2, -0.15) is 0 Å². The van der Waals surface area contributed by atoms with E-state index in [-0.39, 0.29) is 12.0 Å². The van der Waals surface area contributed by atoms with Gasteiger partial charge in [0, 0.05) is 12.1 Å². The molecule has 1 saturated heterocycles. The maximum Gasteiger partial charge on any atom is 0.254 e. The molecule has 4 rings (SSSR count). The van der Waals surface area contributed by atoms with Crippen LogP contribution in [0.2, 0.25) is 0 Å². The highest BCUT2D eigenvalue weighted by Crippen LogP contribution is 2.26. The molecule has 1 unspecified atom stereocenters. The van der Waals surface area contributed by atoms with Crippen molar-refractivity contribution in [3.63, 3.8) is 0 Å². The number of ether oxygens (including phenoxy) is 1. The number of aryl methyl sites for hydroxylation is 2. The molecule has 1 amide bonds. The van der Waals surface area contributed by atoms with Crippen LogP contribution in [0.5, 0.6) is 0 Å². The zero-order valence-corrected chi connectivity index (χ0v) is 16.4. The van der Waals surface area contributed by atoms with Crippen molar-refractivity contribution < 1.29 is 9.53 Å². The standard InChI is InChI=1S/C25H25NO2/c1-18-8-9-19(2)23(16-18)20-10-12-22(13-11-20)25(27)26-14-15-28-24(17-26)21-6-4-3-5-7-21/h3-13,16,24H,14-15,17H2,1-2H3. The van der Waals surface area contributed by atoms with Crippen LogP contribution in [-0.2, 0) is 4.74 Å². The molecule has 3 aromatic rings. The Labute approximate surface area is 166 Å². The van der Waals surface area contributed by atoms with Crippen molar-refractivity contribution in [1.29, 1.82) is 0 Å². The SMILES string of the molecule is Cc1ccc(C)c(-c2ccc(C(=O)N3CCOC(c4ccccc4)C3)cc2)c1. The van der Waals surface area contributed by atoms with E-state index in [1.165, 1.54) is 16.7 Å². The van der Waals surface area contributed by atoms with Gasteiger partial charge in [-0.3, -0.25) is 4.79 Å². The predicted molar refractivity (Wildman–Crippen MR) is 112 cm³/mol. The van der Waals surface area contributed by atoms with E-state index in [0.717, 1.165) is 16.7 Å². The second-order valence-corrected chi connectivity index (χ2v) is 7.42. The third kappa shape index (κ3) is 3.85. The molecule has 28 heavy (non-hydrogen) atoms. The van der Waals surface area contributed by atoms with E-state index in [9.17, 15) is 4.79 Å². The minimum Gasteiger partial charge on any atom is -0.370 e. The van der Waals surface area contributed by atoms with Crippen molar-refractivity contribution in [2.75, 3.05) is 19.7 Å². The van der Waals surface area contributed by atoms with E-state index in [1.54, 1.807) is 0 Å². The molecule has 0 spiro atoms. The van der Waals surface area contributed by atoms with Crippen LogP contribution in [0.3, 0.4) is 0 Å². The summed E-state index contributed by atoms with van der Waals surface area (Å²) in [6, 6.07) is 24.5. The minimum atomic E-state index is -0.0619. The molecule has 0 aromatic heterocycles. The molecule has 0 saturated carbocycles. The summed E-state index contributed by atoms with van der Waals surface area (Å²) in [5, 5.41) is 0. The third-order valence-corrected chi connectivity index (χ3v) is 5.36. The van der Waals surface area contributed by atoms with Gasteiger partial charge in [-0.05, 0) is 48.2 Å². The first-order valence-electron chi connectivity index (χ1n) is 9.75. The Hall–Kier alpha value is -2.91. The van der Waals surface area contributed by atoms with E-state index >= 15 is 0 Å². The van der Waals surface area contributed by atoms with E-state index in [2.05, 4.69) is 44.2 Å². The van der Waals surface area contributed by atoms with E-state index in [1.807, 2.05) is 47.4 Å². The summed E-state index contributed by atoms with van der Waals surface area (Å²) in [7, 11) is 0. The first kappa shape index (κ1) is 18.5. The maximum atomic E-state index is 13.0. The van der Waals surface area contributed by atoms with Gasteiger partial charge in [0.2, 0.25) is 0 Å². The van der Waals surface area contributed by atoms with E-state index < -0.39 is 0 Å². The normalized spacial score (nSPS) is 16.8. The van der Waals surface area contributed by atoms with Gasteiger partial charge < -0.3 is 9.64 Å². The van der Waals surface area contributed by atoms with Gasteiger partial charge in [0.05, 0.1) is 13.2 Å². The monoisotopic (exact) mass is 371 g/mol. The lowest BCUT2D eigenvalue weighted by atomic mass is 9.97. The molecule has 3 nitrogen and oxygen atoms in total. The first-order valence-corrected chi connectivity index (χ1v) is 9.75. The van der Waals surface area contributed by atoms with E-state index in [4.69, 9.17) is 4.74 Å². The van der Waals surface area contributed by atoms with Gasteiger partial charge in [0.15, 0.2) is 0 Å². The molecule has 1 aliphatic heterocycles. The minimum absolute atomic E-state index is 0.0619. The largest absolute Gasteiger partial charge is 0.370 e. The smallest absolute Gasteiger partial charge is 0.254 e. The fourth-order valence-corrected chi connectivity index (χ4v) is 3.72. The van der Waals surface area contributed by atoms with Crippen LogP contribution < -0.4 is 0 Å². The summed E-state index contributed by atoms with van der Waals surface area (Å²) >= 11 is 0. The molecule has 1 aliphatic rings. The van der Waals surface area contributed by atoms with Gasteiger partial charge >= 0.3 is 0 Å². The highest BCUT2D eigenvalue weighted by atomic mass is 16.5. The molecule has 1 heterocycles. The average molecular weight is 371 g/mol. The molecule has 0 radical (unpaired) electrons. The van der Waals surface area contributed by atoms with Gasteiger partial charge in [0.1, 0.15) is 6.10 Å². The van der Waals surface area contributed by atoms with Crippen LogP contribution >= 0.6 is 0 Å². The number of amides is 1. The Bertz CT molecular complexity index is 964. The van der Waals surface area contributed by atoms with Crippen LogP contribution in [0.1, 0.15) is 33.2 Å². The molecule has 1 fully saturated rings. The van der Waals surface area contributed by atoms with Crippen molar-refractivity contribution in [3.8, 4) is 11.1 Å². The van der Waals surface area contributed by atoms with E-state index in [0.29, 0.717) is 19.7 Å². The molecule has 1 atom stereocenters. The molecule has 0 aliphatic carbocycles. The van der Waals surface area contributed by atoms with Gasteiger partial charge in [-0.15, -0.1) is 0 Å². The Balaban J connectivity index is 1.51. The Morgan fingerprint density at radius 1 is 0.964 bits per heavy atom. The molecule has 3 heteroatoms. The van der Waals surface area contributed by atoms with Crippen LogP contribution in [0.25, 0.3) is 11.1 Å². The third-order valence-electron chi connectivity index (χ3n) is 5.36. The fraction of sp³-hybridized carbons (Fsp3) is 0.240. The molecular weight excluding hydrogens is 346 g/mol. The number of carbonyl (C=O) groups excluding carboxylic acids is 1. The number of hydrogen-bond donors (Lipinski definition) is 0. The van der Waals surface area contributed by atoms with Crippen LogP contribution in [0, 0.1) is 13.8 Å². The molecule has 3 aromatic carbocycles. The second kappa shape index (κ2) is 7.99. The van der Waals surface area contributed by atoms with Crippen molar-refractivity contribution in [2.45, 2.75) is 20.0 Å². The van der Waals surface area contributed by atoms with Crippen LogP contribution in [0.4, 0.5) is 0 Å². The summed E-state index contributed by atoms with van der Waals surface area (Å²) < 4.78 is 5.89. The zero-order valence-electron chi connectivity index (χ0n) is 16.4. The lowest BCUT2D eigenvalue weighted by Crippen LogP contribution is -2.42. The first-order chi connectivity index (χ1) is 13.6. The molecular formula is C25H25NO2. The topological polar surface area (TPSA) is 29.5 Å². The van der Waals surface area contributed by atoms with Crippen molar-refractivity contribution in [3.05, 3.63) is 95.1 Å². The van der Waals surface area contributed by atoms with Gasteiger partial charge in [-0.1, -0.05) is 66.2 Å². The highest BCUT2D eigenvalue weighted by Gasteiger charge is 2.26. The Kier molecular flexibility index (Phi) is 5.27. The number of morpholine rings is 1. The summed E-state index contributed by atoms with van der Waals surface area (Å²) in [5.74, 6) is 0.0664. The van der Waals surface area contributed by atoms with Crippen molar-refractivity contribution in [2.24, 2.45) is 0 Å². The highest BCUT2D eigenvalue weighted by molar-refractivity contribution is 5.95. The molecule has 142 valence electrons. The summed E-state index contributed by atoms with van der Waals surface area (Å²) in [6.45, 7) is 5.99. The second-order valence-electron chi connectivity index (χ2n) is 7.42. The Morgan fingerprint density at radius 2 is 1.71 bits per heavy atom. The van der Waals surface area contributed by atoms with Gasteiger partial charge in [0.25, 0.3) is 5.91 Å². The number of benzene rings is 3. The molecule has 0 N–H and O–H groups in total. The van der Waals surface area contributed by atoms with Crippen molar-refractivity contribution in [1.82, 2.24) is 4.90 Å². The average Bonchev–Trinajstić information content (AvgIpc) is 2.76. The lowest BCUT2D eigenvalue weighted by Gasteiger charge is -2.33. The number of nitrogens with zero attached hydrogens (tertiary/aromatic N) is 1. The lowest BCUT2D eigenvalue weighted by molar-refractivity contribution is -0.0228. The number of carbonyl (C=O) groups is 1. The number of rotatable bonds is 3. The fourth-order valence-electron chi connectivity index (χ4n) is 3.72. The Morgan fingerprint density at radius 3 is 2.46 bits per heavy atom. The summed E-state index contributed by atoms with van der Waals surface area (Å²) in [5.41, 5.74) is 6.68. The van der Waals surface area contributed by atoms with Crippen molar-refractivity contribution >= 4 is 5.91 Å². The quantitative estimate of drug-likeness (QED) is 0.634.